The second kappa shape index (κ2) is 5.85. The van der Waals surface area contributed by atoms with Crippen molar-refractivity contribution in [1.29, 1.82) is 0 Å². The molecule has 1 fully saturated rings. The van der Waals surface area contributed by atoms with Gasteiger partial charge in [-0.15, -0.1) is 12.4 Å². The summed E-state index contributed by atoms with van der Waals surface area (Å²) in [6.07, 6.45) is 0. The topological polar surface area (TPSA) is 24.1 Å². The zero-order valence-electron chi connectivity index (χ0n) is 10.9. The second-order valence-electron chi connectivity index (χ2n) is 5.58. The largest absolute Gasteiger partial charge is 0.314 e. The molecule has 1 saturated heterocycles. The van der Waals surface area contributed by atoms with Crippen molar-refractivity contribution >= 4 is 12.4 Å². The van der Waals surface area contributed by atoms with Gasteiger partial charge >= 0.3 is 0 Å². The highest BCUT2D eigenvalue weighted by Gasteiger charge is 2.16. The van der Waals surface area contributed by atoms with Gasteiger partial charge in [0, 0.05) is 25.7 Å². The van der Waals surface area contributed by atoms with E-state index < -0.39 is 0 Å². The molecule has 0 radical (unpaired) electrons. The third-order valence-electron chi connectivity index (χ3n) is 3.22. The van der Waals surface area contributed by atoms with Crippen LogP contribution in [-0.4, -0.2) is 19.6 Å². The van der Waals surface area contributed by atoms with Crippen molar-refractivity contribution in [2.45, 2.75) is 32.2 Å². The molecule has 0 unspecified atom stereocenters. The summed E-state index contributed by atoms with van der Waals surface area (Å²) in [5.74, 6) is 0. The van der Waals surface area contributed by atoms with E-state index in [0.717, 1.165) is 19.6 Å². The minimum absolute atomic E-state index is 0. The van der Waals surface area contributed by atoms with Crippen molar-refractivity contribution in [3.8, 4) is 0 Å². The van der Waals surface area contributed by atoms with Crippen LogP contribution in [0.2, 0.25) is 0 Å². The summed E-state index contributed by atoms with van der Waals surface area (Å²) in [6, 6.07) is 9.50. The van der Waals surface area contributed by atoms with Gasteiger partial charge in [-0.3, -0.25) is 0 Å². The van der Waals surface area contributed by atoms with Gasteiger partial charge in [-0.2, -0.15) is 0 Å². The lowest BCUT2D eigenvalue weighted by Crippen LogP contribution is -2.42. The fraction of sp³-hybridized carbons (Fsp3) is 0.571. The predicted molar refractivity (Wildman–Crippen MR) is 76.0 cm³/mol. The Kier molecular flexibility index (Phi) is 4.99. The van der Waals surface area contributed by atoms with Crippen LogP contribution in [0.15, 0.2) is 24.3 Å². The van der Waals surface area contributed by atoms with Crippen LogP contribution in [-0.2, 0) is 5.41 Å². The lowest BCUT2D eigenvalue weighted by Gasteiger charge is -2.26. The van der Waals surface area contributed by atoms with Crippen LogP contribution < -0.4 is 10.6 Å². The van der Waals surface area contributed by atoms with Gasteiger partial charge in [0.25, 0.3) is 0 Å². The number of hydrogen-bond acceptors (Lipinski definition) is 2. The van der Waals surface area contributed by atoms with Crippen LogP contribution in [0, 0.1) is 0 Å². The summed E-state index contributed by atoms with van der Waals surface area (Å²) in [7, 11) is 0. The van der Waals surface area contributed by atoms with Crippen molar-refractivity contribution in [2.75, 3.05) is 19.6 Å². The third-order valence-corrected chi connectivity index (χ3v) is 3.22. The van der Waals surface area contributed by atoms with E-state index in [1.807, 2.05) is 0 Å². The van der Waals surface area contributed by atoms with Gasteiger partial charge in [0.2, 0.25) is 0 Å². The summed E-state index contributed by atoms with van der Waals surface area (Å²) < 4.78 is 0. The first kappa shape index (κ1) is 14.5. The van der Waals surface area contributed by atoms with Crippen LogP contribution in [0.25, 0.3) is 0 Å². The SMILES string of the molecule is CC(C)(C)c1ccc([C@H]2CNCCN2)cc1.Cl. The van der Waals surface area contributed by atoms with E-state index in [0.29, 0.717) is 6.04 Å². The lowest BCUT2D eigenvalue weighted by molar-refractivity contribution is 0.430. The second-order valence-corrected chi connectivity index (χ2v) is 5.58. The maximum absolute atomic E-state index is 3.53. The average Bonchev–Trinajstić information content (AvgIpc) is 2.29. The van der Waals surface area contributed by atoms with Gasteiger partial charge in [0.15, 0.2) is 0 Å². The van der Waals surface area contributed by atoms with E-state index in [9.17, 15) is 0 Å². The molecule has 96 valence electrons. The van der Waals surface area contributed by atoms with Gasteiger partial charge in [-0.25, -0.2) is 0 Å². The van der Waals surface area contributed by atoms with Crippen LogP contribution in [0.1, 0.15) is 37.9 Å². The molecule has 3 heteroatoms. The van der Waals surface area contributed by atoms with Gasteiger partial charge in [-0.05, 0) is 16.5 Å². The zero-order valence-corrected chi connectivity index (χ0v) is 11.7. The lowest BCUT2D eigenvalue weighted by atomic mass is 9.86. The molecular weight excluding hydrogens is 232 g/mol. The number of benzene rings is 1. The Morgan fingerprint density at radius 3 is 2.18 bits per heavy atom. The molecular formula is C14H23ClN2. The highest BCUT2D eigenvalue weighted by atomic mass is 35.5. The molecule has 17 heavy (non-hydrogen) atoms. The van der Waals surface area contributed by atoms with Crippen molar-refractivity contribution < 1.29 is 0 Å². The molecule has 1 aromatic rings. The van der Waals surface area contributed by atoms with Crippen molar-refractivity contribution in [3.05, 3.63) is 35.4 Å². The fourth-order valence-corrected chi connectivity index (χ4v) is 2.10. The smallest absolute Gasteiger partial charge is 0.0447 e. The number of rotatable bonds is 1. The molecule has 1 aliphatic rings. The minimum atomic E-state index is 0. The van der Waals surface area contributed by atoms with E-state index in [1.54, 1.807) is 0 Å². The van der Waals surface area contributed by atoms with E-state index in [2.05, 4.69) is 55.7 Å². The van der Waals surface area contributed by atoms with E-state index in [4.69, 9.17) is 0 Å². The summed E-state index contributed by atoms with van der Waals surface area (Å²) in [6.45, 7) is 9.93. The summed E-state index contributed by atoms with van der Waals surface area (Å²) in [4.78, 5) is 0. The Morgan fingerprint density at radius 2 is 1.71 bits per heavy atom. The molecule has 0 aliphatic carbocycles. The minimum Gasteiger partial charge on any atom is -0.314 e. The number of nitrogens with one attached hydrogen (secondary N) is 2. The first-order valence-electron chi connectivity index (χ1n) is 6.12. The number of halogens is 1. The molecule has 1 aliphatic heterocycles. The molecule has 1 atom stereocenters. The van der Waals surface area contributed by atoms with E-state index >= 15 is 0 Å². The molecule has 2 nitrogen and oxygen atoms in total. The Bertz CT molecular complexity index is 334. The third kappa shape index (κ3) is 3.70. The van der Waals surface area contributed by atoms with Crippen LogP contribution in [0.5, 0.6) is 0 Å². The molecule has 2 N–H and O–H groups in total. The molecule has 0 bridgehead atoms. The number of hydrogen-bond donors (Lipinski definition) is 2. The van der Waals surface area contributed by atoms with Gasteiger partial charge < -0.3 is 10.6 Å². The van der Waals surface area contributed by atoms with E-state index in [1.165, 1.54) is 11.1 Å². The maximum atomic E-state index is 3.53. The molecule has 0 spiro atoms. The van der Waals surface area contributed by atoms with Crippen molar-refractivity contribution in [1.82, 2.24) is 10.6 Å². The monoisotopic (exact) mass is 254 g/mol. The first-order valence-corrected chi connectivity index (χ1v) is 6.12. The Labute approximate surface area is 111 Å². The number of piperazine rings is 1. The van der Waals surface area contributed by atoms with Crippen molar-refractivity contribution in [2.24, 2.45) is 0 Å². The fourth-order valence-electron chi connectivity index (χ4n) is 2.10. The van der Waals surface area contributed by atoms with E-state index in [-0.39, 0.29) is 17.8 Å². The highest BCUT2D eigenvalue weighted by Crippen LogP contribution is 2.24. The average molecular weight is 255 g/mol. The predicted octanol–water partition coefficient (Wildman–Crippen LogP) is 2.64. The quantitative estimate of drug-likeness (QED) is 0.805. The molecule has 0 saturated carbocycles. The normalized spacial score (nSPS) is 20.8. The van der Waals surface area contributed by atoms with Crippen LogP contribution in [0.3, 0.4) is 0 Å². The van der Waals surface area contributed by atoms with Crippen LogP contribution in [0.4, 0.5) is 0 Å². The molecule has 0 amide bonds. The van der Waals surface area contributed by atoms with Gasteiger partial charge in [-0.1, -0.05) is 45.0 Å². The molecule has 2 rings (SSSR count). The summed E-state index contributed by atoms with van der Waals surface area (Å²) in [5.41, 5.74) is 3.04. The Balaban J connectivity index is 0.00000144. The summed E-state index contributed by atoms with van der Waals surface area (Å²) >= 11 is 0. The standard InChI is InChI=1S/C14H22N2.ClH/c1-14(2,3)12-6-4-11(5-7-12)13-10-15-8-9-16-13;/h4-7,13,15-16H,8-10H2,1-3H3;1H/t13-;/m1./s1. The first-order chi connectivity index (χ1) is 7.57. The molecule has 1 aromatic carbocycles. The van der Waals surface area contributed by atoms with Gasteiger partial charge in [0.05, 0.1) is 0 Å². The Morgan fingerprint density at radius 1 is 1.06 bits per heavy atom. The Hall–Kier alpha value is -0.570. The summed E-state index contributed by atoms with van der Waals surface area (Å²) in [5, 5.41) is 6.95. The zero-order chi connectivity index (χ0) is 11.6. The van der Waals surface area contributed by atoms with Crippen LogP contribution >= 0.6 is 12.4 Å². The van der Waals surface area contributed by atoms with Gasteiger partial charge in [0.1, 0.15) is 0 Å². The molecule has 1 heterocycles. The molecule has 0 aromatic heterocycles. The highest BCUT2D eigenvalue weighted by molar-refractivity contribution is 5.85. The van der Waals surface area contributed by atoms with Crippen molar-refractivity contribution in [3.63, 3.8) is 0 Å². The maximum Gasteiger partial charge on any atom is 0.0447 e.